The number of hydrogen-bond donors (Lipinski definition) is 9. The zero-order valence-corrected chi connectivity index (χ0v) is 29.4. The average molecular weight is 723 g/mol. The SMILES string of the molecule is CC(C)C[C@H](NC(=O)[C@@H](NC(=O)[C@@H](N)CNC(=O)c1nn[nH]n1)C(C)C)C(=O)NC[C@](O)(CCc1ccccc1)C(=O)Nc1cccc(C(=O)O)c1. The quantitative estimate of drug-likeness (QED) is 0.0774. The summed E-state index contributed by atoms with van der Waals surface area (Å²) in [6.45, 7) is 6.21. The van der Waals surface area contributed by atoms with Gasteiger partial charge in [0.1, 0.15) is 18.1 Å². The molecule has 0 spiro atoms. The van der Waals surface area contributed by atoms with E-state index < -0.39 is 71.7 Å². The highest BCUT2D eigenvalue weighted by Gasteiger charge is 2.38. The van der Waals surface area contributed by atoms with Gasteiger partial charge in [-0.2, -0.15) is 5.21 Å². The lowest BCUT2D eigenvalue weighted by Gasteiger charge is -2.30. The summed E-state index contributed by atoms with van der Waals surface area (Å²) in [6, 6.07) is 11.1. The summed E-state index contributed by atoms with van der Waals surface area (Å²) in [6.07, 6.45) is 0.329. The van der Waals surface area contributed by atoms with Crippen LogP contribution in [-0.4, -0.2) is 103 Å². The maximum Gasteiger partial charge on any atom is 0.335 e. The Hall–Kier alpha value is -5.75. The Labute approximate surface area is 300 Å². The van der Waals surface area contributed by atoms with Crippen LogP contribution in [0.4, 0.5) is 5.69 Å². The number of nitrogens with one attached hydrogen (secondary N) is 6. The maximum absolute atomic E-state index is 13.6. The first-order valence-corrected chi connectivity index (χ1v) is 16.7. The number of rotatable bonds is 19. The number of tetrazole rings is 1. The molecule has 18 heteroatoms. The Morgan fingerprint density at radius 1 is 0.904 bits per heavy atom. The Morgan fingerprint density at radius 3 is 2.23 bits per heavy atom. The normalized spacial score (nSPS) is 14.0. The smallest absolute Gasteiger partial charge is 0.335 e. The second kappa shape index (κ2) is 19.0. The van der Waals surface area contributed by atoms with Crippen molar-refractivity contribution >= 4 is 41.2 Å². The molecule has 1 heterocycles. The van der Waals surface area contributed by atoms with Crippen molar-refractivity contribution in [2.24, 2.45) is 17.6 Å². The highest BCUT2D eigenvalue weighted by molar-refractivity contribution is 5.99. The number of carbonyl (C=O) groups is 6. The van der Waals surface area contributed by atoms with Crippen molar-refractivity contribution in [3.8, 4) is 0 Å². The minimum Gasteiger partial charge on any atom is -0.478 e. The number of carboxylic acids is 1. The zero-order chi connectivity index (χ0) is 38.4. The van der Waals surface area contributed by atoms with E-state index in [9.17, 15) is 39.0 Å². The van der Waals surface area contributed by atoms with Gasteiger partial charge in [0.05, 0.1) is 12.1 Å². The minimum atomic E-state index is -2.15. The van der Waals surface area contributed by atoms with E-state index in [0.717, 1.165) is 5.56 Å². The molecule has 2 aromatic carbocycles. The molecule has 5 amide bonds. The molecule has 18 nitrogen and oxygen atoms in total. The van der Waals surface area contributed by atoms with Gasteiger partial charge in [-0.3, -0.25) is 24.0 Å². The molecule has 0 aliphatic carbocycles. The molecular formula is C34H46N10O8. The largest absolute Gasteiger partial charge is 0.478 e. The topological polar surface area (TPSA) is 284 Å². The Kier molecular flexibility index (Phi) is 14.9. The Morgan fingerprint density at radius 2 is 1.62 bits per heavy atom. The first-order chi connectivity index (χ1) is 24.6. The zero-order valence-electron chi connectivity index (χ0n) is 29.4. The van der Waals surface area contributed by atoms with E-state index in [1.807, 2.05) is 44.2 Å². The molecule has 0 radical (unpaired) electrons. The summed E-state index contributed by atoms with van der Waals surface area (Å²) in [7, 11) is 0. The van der Waals surface area contributed by atoms with Gasteiger partial charge >= 0.3 is 5.97 Å². The highest BCUT2D eigenvalue weighted by Crippen LogP contribution is 2.19. The van der Waals surface area contributed by atoms with E-state index in [0.29, 0.717) is 0 Å². The summed E-state index contributed by atoms with van der Waals surface area (Å²) in [5, 5.41) is 46.4. The Bertz CT molecular complexity index is 1690. The number of aromatic amines is 1. The number of aliphatic hydroxyl groups is 1. The number of nitrogens with zero attached hydrogens (tertiary/aromatic N) is 3. The molecule has 0 aliphatic heterocycles. The predicted molar refractivity (Wildman–Crippen MR) is 187 cm³/mol. The van der Waals surface area contributed by atoms with Crippen LogP contribution in [0.5, 0.6) is 0 Å². The third-order valence-corrected chi connectivity index (χ3v) is 7.97. The van der Waals surface area contributed by atoms with E-state index in [-0.39, 0.29) is 48.8 Å². The van der Waals surface area contributed by atoms with Crippen LogP contribution in [0.15, 0.2) is 54.6 Å². The van der Waals surface area contributed by atoms with Gasteiger partial charge in [-0.1, -0.05) is 64.1 Å². The van der Waals surface area contributed by atoms with Crippen LogP contribution in [0.25, 0.3) is 0 Å². The van der Waals surface area contributed by atoms with Crippen molar-refractivity contribution < 1.29 is 39.0 Å². The predicted octanol–water partition coefficient (Wildman–Crippen LogP) is -0.254. The van der Waals surface area contributed by atoms with Crippen LogP contribution < -0.4 is 32.3 Å². The molecule has 280 valence electrons. The van der Waals surface area contributed by atoms with Crippen molar-refractivity contribution in [2.75, 3.05) is 18.4 Å². The fraction of sp³-hybridized carbons (Fsp3) is 0.441. The number of amides is 5. The standard InChI is InChI=1S/C34H46N10O8/c1-19(2)15-25(39-30(47)26(20(3)4)40-28(45)24(35)17-36-31(48)27-41-43-44-42-27)29(46)37-18-34(52,14-13-21-9-6-5-7-10-21)33(51)38-23-12-8-11-22(16-23)32(49)50/h5-12,16,19-20,24-26,52H,13-15,17-18,35H2,1-4H3,(H,36,48)(H,37,46)(H,38,51)(H,39,47)(H,40,45)(H,49,50)(H,41,42,43,44)/t24-,25-,26-,34+/m0/s1. The van der Waals surface area contributed by atoms with E-state index in [1.54, 1.807) is 13.8 Å². The summed E-state index contributed by atoms with van der Waals surface area (Å²) >= 11 is 0. The molecule has 1 aromatic heterocycles. The number of anilines is 1. The molecule has 0 unspecified atom stereocenters. The van der Waals surface area contributed by atoms with E-state index >= 15 is 0 Å². The van der Waals surface area contributed by atoms with Gasteiger partial charge in [-0.15, -0.1) is 10.2 Å². The van der Waals surface area contributed by atoms with Gasteiger partial charge in [-0.05, 0) is 60.1 Å². The van der Waals surface area contributed by atoms with Gasteiger partial charge < -0.3 is 42.5 Å². The second-order valence-corrected chi connectivity index (χ2v) is 13.0. The molecule has 0 saturated heterocycles. The summed E-state index contributed by atoms with van der Waals surface area (Å²) in [5.74, 6) is -5.66. The van der Waals surface area contributed by atoms with Crippen LogP contribution in [0.1, 0.15) is 67.1 Å². The number of nitrogens with two attached hydrogens (primary N) is 1. The van der Waals surface area contributed by atoms with Gasteiger partial charge in [0, 0.05) is 12.2 Å². The van der Waals surface area contributed by atoms with Gasteiger partial charge in [0.25, 0.3) is 17.6 Å². The molecule has 3 aromatic rings. The number of aromatic nitrogens is 4. The third kappa shape index (κ3) is 12.2. The van der Waals surface area contributed by atoms with Crippen molar-refractivity contribution in [2.45, 2.75) is 70.7 Å². The molecule has 0 saturated carbocycles. The highest BCUT2D eigenvalue weighted by atomic mass is 16.4. The van der Waals surface area contributed by atoms with Crippen LogP contribution in [0.3, 0.4) is 0 Å². The van der Waals surface area contributed by atoms with Crippen LogP contribution >= 0.6 is 0 Å². The van der Waals surface area contributed by atoms with Gasteiger partial charge in [0.15, 0.2) is 5.60 Å². The molecule has 0 fully saturated rings. The van der Waals surface area contributed by atoms with Crippen molar-refractivity contribution in [1.82, 2.24) is 41.9 Å². The lowest BCUT2D eigenvalue weighted by Crippen LogP contribution is -2.59. The first kappa shape index (κ1) is 40.7. The number of aryl methyl sites for hydroxylation is 1. The van der Waals surface area contributed by atoms with Crippen LogP contribution in [-0.2, 0) is 25.6 Å². The molecule has 0 bridgehead atoms. The van der Waals surface area contributed by atoms with Crippen LogP contribution in [0.2, 0.25) is 0 Å². The second-order valence-electron chi connectivity index (χ2n) is 13.0. The lowest BCUT2D eigenvalue weighted by molar-refractivity contribution is -0.137. The number of aromatic carboxylic acids is 1. The molecule has 10 N–H and O–H groups in total. The Balaban J connectivity index is 1.71. The molecule has 4 atom stereocenters. The van der Waals surface area contributed by atoms with E-state index in [4.69, 9.17) is 5.73 Å². The minimum absolute atomic E-state index is 0.0728. The maximum atomic E-state index is 13.6. The van der Waals surface area contributed by atoms with Gasteiger partial charge in [0.2, 0.25) is 17.7 Å². The van der Waals surface area contributed by atoms with Crippen molar-refractivity contribution in [3.63, 3.8) is 0 Å². The van der Waals surface area contributed by atoms with E-state index in [2.05, 4.69) is 47.2 Å². The van der Waals surface area contributed by atoms with Gasteiger partial charge in [-0.25, -0.2) is 4.79 Å². The number of hydrogen-bond acceptors (Lipinski definition) is 11. The number of carboxylic acid groups (broad SMARTS) is 1. The van der Waals surface area contributed by atoms with E-state index in [1.165, 1.54) is 24.3 Å². The van der Waals surface area contributed by atoms with Crippen molar-refractivity contribution in [3.05, 3.63) is 71.5 Å². The molecule has 0 aliphatic rings. The summed E-state index contributed by atoms with van der Waals surface area (Å²) < 4.78 is 0. The fourth-order valence-electron chi connectivity index (χ4n) is 5.00. The fourth-order valence-corrected chi connectivity index (χ4v) is 5.00. The lowest BCUT2D eigenvalue weighted by atomic mass is 9.93. The molecule has 52 heavy (non-hydrogen) atoms. The summed E-state index contributed by atoms with van der Waals surface area (Å²) in [5.41, 5.74) is 4.69. The molecular weight excluding hydrogens is 676 g/mol. The van der Waals surface area contributed by atoms with Crippen molar-refractivity contribution in [1.29, 1.82) is 0 Å². The average Bonchev–Trinajstić information content (AvgIpc) is 3.66. The number of benzene rings is 2. The number of carbonyl (C=O) groups excluding carboxylic acids is 5. The monoisotopic (exact) mass is 722 g/mol. The third-order valence-electron chi connectivity index (χ3n) is 7.97. The number of H-pyrrole nitrogens is 1. The first-order valence-electron chi connectivity index (χ1n) is 16.7. The van der Waals surface area contributed by atoms with Crippen LogP contribution in [0, 0.1) is 11.8 Å². The molecule has 3 rings (SSSR count). The summed E-state index contributed by atoms with van der Waals surface area (Å²) in [4.78, 5) is 77.1.